The molecule has 0 radical (unpaired) electrons. The van der Waals surface area contributed by atoms with Crippen LogP contribution in [-0.4, -0.2) is 65.4 Å². The van der Waals surface area contributed by atoms with Crippen molar-refractivity contribution in [3.63, 3.8) is 0 Å². The topological polar surface area (TPSA) is 82.4 Å². The fourth-order valence-electron chi connectivity index (χ4n) is 4.28. The number of rotatable bonds is 5. The molecular formula is C21H34N2O4. The molecule has 6 nitrogen and oxygen atoms in total. The minimum Gasteiger partial charge on any atom is -0.481 e. The number of hydrogen-bond donors (Lipinski definition) is 2. The Bertz CT molecular complexity index is 627. The van der Waals surface area contributed by atoms with Crippen LogP contribution >= 0.6 is 0 Å². The van der Waals surface area contributed by atoms with Crippen LogP contribution in [0.4, 0.5) is 0 Å². The number of carboxylic acid groups (broad SMARTS) is 1. The van der Waals surface area contributed by atoms with E-state index in [-0.39, 0.29) is 11.5 Å². The summed E-state index contributed by atoms with van der Waals surface area (Å²) in [5, 5.41) is 20.8. The van der Waals surface area contributed by atoms with E-state index in [1.807, 2.05) is 33.8 Å². The number of nitrogens with zero attached hydrogens (tertiary/aromatic N) is 2. The molecule has 0 aromatic heterocycles. The summed E-state index contributed by atoms with van der Waals surface area (Å²) in [4.78, 5) is 19.7. The molecule has 3 rings (SSSR count). The maximum atomic E-state index is 12.5. The minimum atomic E-state index is -1.01. The number of dihydropyridines is 1. The predicted octanol–water partition coefficient (Wildman–Crippen LogP) is 2.71. The van der Waals surface area contributed by atoms with Gasteiger partial charge < -0.3 is 19.8 Å². The van der Waals surface area contributed by atoms with E-state index in [0.717, 1.165) is 37.3 Å². The third-order valence-corrected chi connectivity index (χ3v) is 6.42. The first-order valence-corrected chi connectivity index (χ1v) is 10.2. The number of aliphatic hydroxyl groups is 1. The van der Waals surface area contributed by atoms with Crippen LogP contribution in [0.1, 0.15) is 53.4 Å². The van der Waals surface area contributed by atoms with Gasteiger partial charge in [0.2, 0.25) is 0 Å². The summed E-state index contributed by atoms with van der Waals surface area (Å²) in [6, 6.07) is -0.245. The van der Waals surface area contributed by atoms with E-state index in [0.29, 0.717) is 32.0 Å². The molecule has 1 saturated heterocycles. The zero-order chi connectivity index (χ0) is 19.8. The van der Waals surface area contributed by atoms with Gasteiger partial charge in [0.25, 0.3) is 0 Å². The summed E-state index contributed by atoms with van der Waals surface area (Å²) < 4.78 is 5.44. The number of hydrogen-bond acceptors (Lipinski definition) is 5. The second-order valence-electron chi connectivity index (χ2n) is 9.39. The molecule has 0 bridgehead atoms. The van der Waals surface area contributed by atoms with Gasteiger partial charge in [-0.25, -0.2) is 0 Å². The summed E-state index contributed by atoms with van der Waals surface area (Å²) in [6.45, 7) is 10.8. The first-order chi connectivity index (χ1) is 12.7. The monoisotopic (exact) mass is 378 g/mol. The molecule has 3 aliphatic rings. The Morgan fingerprint density at radius 2 is 2.00 bits per heavy atom. The zero-order valence-electron chi connectivity index (χ0n) is 17.1. The number of carboxylic acids is 1. The number of carbonyl (C=O) groups is 1. The SMILES string of the molecule is CC1=CC(N2CCOCC2)=NC(C2CC2)C1(CCC(O)C(C)(C)C)C(=O)O. The maximum absolute atomic E-state index is 12.5. The number of aliphatic imine (C=N–C) groups is 1. The lowest BCUT2D eigenvalue weighted by Crippen LogP contribution is -2.50. The smallest absolute Gasteiger partial charge is 0.315 e. The van der Waals surface area contributed by atoms with Gasteiger partial charge in [-0.2, -0.15) is 0 Å². The Balaban J connectivity index is 1.89. The number of ether oxygens (including phenoxy) is 1. The molecule has 152 valence electrons. The molecule has 3 unspecified atom stereocenters. The van der Waals surface area contributed by atoms with E-state index < -0.39 is 17.5 Å². The van der Waals surface area contributed by atoms with Crippen molar-refractivity contribution in [2.75, 3.05) is 26.3 Å². The Morgan fingerprint density at radius 3 is 2.52 bits per heavy atom. The summed E-state index contributed by atoms with van der Waals surface area (Å²) in [5.74, 6) is 0.424. The molecule has 1 saturated carbocycles. The van der Waals surface area contributed by atoms with Crippen LogP contribution in [0.2, 0.25) is 0 Å². The van der Waals surface area contributed by atoms with Crippen LogP contribution in [-0.2, 0) is 9.53 Å². The van der Waals surface area contributed by atoms with Crippen molar-refractivity contribution >= 4 is 11.8 Å². The van der Waals surface area contributed by atoms with Gasteiger partial charge in [-0.05, 0) is 50.0 Å². The van der Waals surface area contributed by atoms with Gasteiger partial charge in [0.15, 0.2) is 0 Å². The predicted molar refractivity (Wildman–Crippen MR) is 105 cm³/mol. The van der Waals surface area contributed by atoms with Crippen molar-refractivity contribution in [3.05, 3.63) is 11.6 Å². The summed E-state index contributed by atoms with van der Waals surface area (Å²) in [7, 11) is 0. The lowest BCUT2D eigenvalue weighted by atomic mass is 9.66. The Hall–Kier alpha value is -1.40. The third-order valence-electron chi connectivity index (χ3n) is 6.42. The average molecular weight is 379 g/mol. The zero-order valence-corrected chi connectivity index (χ0v) is 17.1. The fourth-order valence-corrected chi connectivity index (χ4v) is 4.28. The molecule has 3 atom stereocenters. The first kappa shape index (κ1) is 20.3. The molecule has 6 heteroatoms. The molecule has 0 aromatic carbocycles. The number of aliphatic carboxylic acids is 1. The Kier molecular flexibility index (Phi) is 5.69. The van der Waals surface area contributed by atoms with Gasteiger partial charge in [0.1, 0.15) is 11.3 Å². The highest BCUT2D eigenvalue weighted by molar-refractivity contribution is 5.97. The minimum absolute atomic E-state index is 0.245. The van der Waals surface area contributed by atoms with Crippen molar-refractivity contribution in [3.8, 4) is 0 Å². The molecule has 2 N–H and O–H groups in total. The van der Waals surface area contributed by atoms with Gasteiger partial charge in [-0.3, -0.25) is 9.79 Å². The molecule has 2 heterocycles. The molecule has 2 fully saturated rings. The van der Waals surface area contributed by atoms with Crippen molar-refractivity contribution in [2.45, 2.75) is 65.5 Å². The highest BCUT2D eigenvalue weighted by Crippen LogP contribution is 2.51. The largest absolute Gasteiger partial charge is 0.481 e. The summed E-state index contributed by atoms with van der Waals surface area (Å²) >= 11 is 0. The van der Waals surface area contributed by atoms with E-state index in [1.54, 1.807) is 0 Å². The maximum Gasteiger partial charge on any atom is 0.315 e. The van der Waals surface area contributed by atoms with Crippen molar-refractivity contribution in [1.29, 1.82) is 0 Å². The van der Waals surface area contributed by atoms with E-state index >= 15 is 0 Å². The molecular weight excluding hydrogens is 344 g/mol. The second-order valence-corrected chi connectivity index (χ2v) is 9.39. The van der Waals surface area contributed by atoms with Gasteiger partial charge in [-0.15, -0.1) is 0 Å². The van der Waals surface area contributed by atoms with E-state index in [4.69, 9.17) is 9.73 Å². The average Bonchev–Trinajstić information content (AvgIpc) is 3.44. The molecule has 2 aliphatic heterocycles. The fraction of sp³-hybridized carbons (Fsp3) is 0.810. The molecule has 1 aliphatic carbocycles. The van der Waals surface area contributed by atoms with Gasteiger partial charge in [0, 0.05) is 13.1 Å². The molecule has 0 amide bonds. The normalized spacial score (nSPS) is 30.6. The van der Waals surface area contributed by atoms with Crippen LogP contribution < -0.4 is 0 Å². The van der Waals surface area contributed by atoms with Gasteiger partial charge in [0.05, 0.1) is 25.4 Å². The van der Waals surface area contributed by atoms with Crippen LogP contribution in [0.5, 0.6) is 0 Å². The Labute approximate surface area is 162 Å². The number of morpholine rings is 1. The molecule has 0 spiro atoms. The van der Waals surface area contributed by atoms with Crippen LogP contribution in [0.15, 0.2) is 16.6 Å². The van der Waals surface area contributed by atoms with Gasteiger partial charge in [-0.1, -0.05) is 26.3 Å². The van der Waals surface area contributed by atoms with E-state index in [9.17, 15) is 15.0 Å². The first-order valence-electron chi connectivity index (χ1n) is 10.2. The van der Waals surface area contributed by atoms with E-state index in [1.165, 1.54) is 0 Å². The van der Waals surface area contributed by atoms with E-state index in [2.05, 4.69) is 4.90 Å². The highest BCUT2D eigenvalue weighted by atomic mass is 16.5. The molecule has 0 aromatic rings. The van der Waals surface area contributed by atoms with Crippen LogP contribution in [0.25, 0.3) is 0 Å². The molecule has 27 heavy (non-hydrogen) atoms. The quantitative estimate of drug-likeness (QED) is 0.769. The number of amidine groups is 1. The van der Waals surface area contributed by atoms with Crippen LogP contribution in [0, 0.1) is 16.7 Å². The standard InChI is InChI=1S/C21H34N2O4/c1-14-13-17(23-9-11-27-12-10-23)22-18(15-5-6-15)21(14,19(25)26)8-7-16(24)20(2,3)4/h13,15-16,18,24H,5-12H2,1-4H3,(H,25,26). The number of aliphatic hydroxyl groups excluding tert-OH is 1. The third kappa shape index (κ3) is 4.06. The second kappa shape index (κ2) is 7.55. The van der Waals surface area contributed by atoms with Gasteiger partial charge >= 0.3 is 5.97 Å². The van der Waals surface area contributed by atoms with Crippen molar-refractivity contribution in [2.24, 2.45) is 21.7 Å². The Morgan fingerprint density at radius 1 is 1.37 bits per heavy atom. The van der Waals surface area contributed by atoms with Crippen molar-refractivity contribution in [1.82, 2.24) is 4.90 Å². The lowest BCUT2D eigenvalue weighted by Gasteiger charge is -2.42. The summed E-state index contributed by atoms with van der Waals surface area (Å²) in [6.07, 6.45) is 4.38. The van der Waals surface area contributed by atoms with Crippen molar-refractivity contribution < 1.29 is 19.7 Å². The highest BCUT2D eigenvalue weighted by Gasteiger charge is 2.55. The van der Waals surface area contributed by atoms with Crippen LogP contribution in [0.3, 0.4) is 0 Å². The lowest BCUT2D eigenvalue weighted by molar-refractivity contribution is -0.149. The summed E-state index contributed by atoms with van der Waals surface area (Å²) in [5.41, 5.74) is -0.406.